The fraction of sp³-hybridized carbons (Fsp3) is 0.667. The highest BCUT2D eigenvalue weighted by Gasteiger charge is 2.05. The largest absolute Gasteiger partial charge is 0.402 e. The van der Waals surface area contributed by atoms with Crippen molar-refractivity contribution in [2.75, 3.05) is 0 Å². The van der Waals surface area contributed by atoms with Crippen LogP contribution in [0.25, 0.3) is 0 Å². The van der Waals surface area contributed by atoms with Crippen molar-refractivity contribution in [1.82, 2.24) is 0 Å². The fourth-order valence-corrected chi connectivity index (χ4v) is 1.18. The molecule has 8 heavy (non-hydrogen) atoms. The molecule has 0 spiro atoms. The van der Waals surface area contributed by atoms with E-state index in [9.17, 15) is 0 Å². The molecule has 1 aliphatic carbocycles. The van der Waals surface area contributed by atoms with Gasteiger partial charge in [-0.05, 0) is 24.9 Å². The van der Waals surface area contributed by atoms with Crippen molar-refractivity contribution in [2.24, 2.45) is 5.73 Å². The van der Waals surface area contributed by atoms with Gasteiger partial charge in [0.05, 0.1) is 0 Å². The molecule has 0 aromatic rings. The Morgan fingerprint density at radius 1 is 1.75 bits per heavy atom. The van der Waals surface area contributed by atoms with E-state index in [0.717, 1.165) is 24.2 Å². The molecule has 0 aliphatic heterocycles. The topological polar surface area (TPSA) is 26.0 Å². The summed E-state index contributed by atoms with van der Waals surface area (Å²) in [5.74, 6) is 0. The molecule has 0 aromatic carbocycles. The third-order valence-electron chi connectivity index (χ3n) is 1.49. The lowest BCUT2D eigenvalue weighted by atomic mass is 10.1. The van der Waals surface area contributed by atoms with Crippen LogP contribution in [0.5, 0.6) is 0 Å². The average molecular weight is 129 g/mol. The number of allylic oxidation sites excluding steroid dienone is 2. The van der Waals surface area contributed by atoms with Crippen molar-refractivity contribution in [3.63, 3.8) is 0 Å². The van der Waals surface area contributed by atoms with Crippen LogP contribution in [0.1, 0.15) is 19.3 Å². The number of hydrogen-bond donors (Lipinski definition) is 1. The molecule has 1 rings (SSSR count). The van der Waals surface area contributed by atoms with E-state index in [4.69, 9.17) is 5.73 Å². The normalized spacial score (nSPS) is 29.6. The molecule has 0 radical (unpaired) electrons. The Morgan fingerprint density at radius 3 is 2.88 bits per heavy atom. The first-order chi connectivity index (χ1) is 3.79. The number of hydrogen-bond acceptors (Lipinski definition) is 1. The van der Waals surface area contributed by atoms with Crippen LogP contribution in [0.2, 0.25) is 0 Å². The maximum absolute atomic E-state index is 5.55. The zero-order valence-electron chi connectivity index (χ0n) is 4.93. The van der Waals surface area contributed by atoms with Gasteiger partial charge in [-0.15, -0.1) is 9.24 Å². The molecule has 1 aliphatic rings. The molecule has 2 atom stereocenters. The van der Waals surface area contributed by atoms with E-state index in [1.807, 2.05) is 0 Å². The molecule has 0 fully saturated rings. The Balaban J connectivity index is 2.42. The second-order valence-electron chi connectivity index (χ2n) is 2.31. The molecule has 0 aromatic heterocycles. The maximum atomic E-state index is 5.55. The van der Waals surface area contributed by atoms with Gasteiger partial charge in [-0.3, -0.25) is 0 Å². The number of nitrogens with two attached hydrogens (primary N) is 1. The van der Waals surface area contributed by atoms with Gasteiger partial charge in [0.15, 0.2) is 0 Å². The predicted molar refractivity (Wildman–Crippen MR) is 39.6 cm³/mol. The van der Waals surface area contributed by atoms with Crippen molar-refractivity contribution in [1.29, 1.82) is 0 Å². The lowest BCUT2D eigenvalue weighted by molar-refractivity contribution is 0.712. The summed E-state index contributed by atoms with van der Waals surface area (Å²) in [7, 11) is 2.82. The lowest BCUT2D eigenvalue weighted by Crippen LogP contribution is -2.08. The standard InChI is InChI=1S/C6H12NP/c7-5-1-3-6(8)4-2-5/h1,6H,2-4,7-8H2. The van der Waals surface area contributed by atoms with E-state index >= 15 is 0 Å². The molecule has 2 unspecified atom stereocenters. The summed E-state index contributed by atoms with van der Waals surface area (Å²) >= 11 is 0. The Labute approximate surface area is 52.5 Å². The molecular formula is C6H12NP. The molecule has 0 amide bonds. The first-order valence-electron chi connectivity index (χ1n) is 2.99. The van der Waals surface area contributed by atoms with Gasteiger partial charge in [0.25, 0.3) is 0 Å². The van der Waals surface area contributed by atoms with Crippen LogP contribution in [0.4, 0.5) is 0 Å². The van der Waals surface area contributed by atoms with E-state index in [2.05, 4.69) is 15.3 Å². The summed E-state index contributed by atoms with van der Waals surface area (Å²) in [4.78, 5) is 0. The van der Waals surface area contributed by atoms with Crippen LogP contribution in [0.15, 0.2) is 11.8 Å². The first kappa shape index (κ1) is 6.10. The second kappa shape index (κ2) is 2.50. The van der Waals surface area contributed by atoms with Gasteiger partial charge >= 0.3 is 0 Å². The highest BCUT2D eigenvalue weighted by molar-refractivity contribution is 7.17. The Bertz CT molecular complexity index is 109. The van der Waals surface area contributed by atoms with Crippen LogP contribution in [-0.2, 0) is 0 Å². The molecule has 0 heterocycles. The van der Waals surface area contributed by atoms with E-state index in [0.29, 0.717) is 0 Å². The van der Waals surface area contributed by atoms with Crippen molar-refractivity contribution < 1.29 is 0 Å². The summed E-state index contributed by atoms with van der Waals surface area (Å²) in [5.41, 5.74) is 7.40. The second-order valence-corrected chi connectivity index (χ2v) is 3.26. The van der Waals surface area contributed by atoms with Gasteiger partial charge in [0.2, 0.25) is 0 Å². The van der Waals surface area contributed by atoms with Gasteiger partial charge in [0, 0.05) is 5.70 Å². The first-order valence-corrected chi connectivity index (χ1v) is 3.66. The lowest BCUT2D eigenvalue weighted by Gasteiger charge is -2.14. The Kier molecular flexibility index (Phi) is 1.90. The summed E-state index contributed by atoms with van der Waals surface area (Å²) in [5, 5.41) is 0. The van der Waals surface area contributed by atoms with E-state index in [-0.39, 0.29) is 0 Å². The van der Waals surface area contributed by atoms with Gasteiger partial charge < -0.3 is 5.73 Å². The van der Waals surface area contributed by atoms with Crippen molar-refractivity contribution in [3.8, 4) is 0 Å². The highest BCUT2D eigenvalue weighted by Crippen LogP contribution is 2.20. The summed E-state index contributed by atoms with van der Waals surface area (Å²) < 4.78 is 0. The predicted octanol–water partition coefficient (Wildman–Crippen LogP) is 1.26. The smallest absolute Gasteiger partial charge is 0.00404 e. The molecule has 0 saturated carbocycles. The average Bonchev–Trinajstić information content (AvgIpc) is 1.77. The monoisotopic (exact) mass is 129 g/mol. The van der Waals surface area contributed by atoms with Crippen molar-refractivity contribution >= 4 is 9.24 Å². The zero-order valence-corrected chi connectivity index (χ0v) is 6.09. The van der Waals surface area contributed by atoms with Gasteiger partial charge in [-0.1, -0.05) is 6.08 Å². The summed E-state index contributed by atoms with van der Waals surface area (Å²) in [6, 6.07) is 0. The van der Waals surface area contributed by atoms with E-state index in [1.165, 1.54) is 6.42 Å². The van der Waals surface area contributed by atoms with Crippen LogP contribution >= 0.6 is 9.24 Å². The van der Waals surface area contributed by atoms with Gasteiger partial charge in [0.1, 0.15) is 0 Å². The van der Waals surface area contributed by atoms with E-state index in [1.54, 1.807) is 0 Å². The minimum absolute atomic E-state index is 0.780. The minimum atomic E-state index is 0.780. The van der Waals surface area contributed by atoms with Crippen LogP contribution in [-0.4, -0.2) is 5.66 Å². The van der Waals surface area contributed by atoms with Crippen LogP contribution in [0, 0.1) is 0 Å². The third-order valence-corrected chi connectivity index (χ3v) is 2.09. The Morgan fingerprint density at radius 2 is 2.50 bits per heavy atom. The minimum Gasteiger partial charge on any atom is -0.402 e. The SMILES string of the molecule is NC1=CCC(P)CC1. The quantitative estimate of drug-likeness (QED) is 0.489. The Hall–Kier alpha value is -0.0300. The third kappa shape index (κ3) is 1.48. The summed E-state index contributed by atoms with van der Waals surface area (Å²) in [6.45, 7) is 0. The number of rotatable bonds is 0. The molecular weight excluding hydrogens is 117 g/mol. The van der Waals surface area contributed by atoms with Gasteiger partial charge in [-0.25, -0.2) is 0 Å². The molecule has 2 heteroatoms. The fourth-order valence-electron chi connectivity index (χ4n) is 0.875. The molecule has 46 valence electrons. The summed E-state index contributed by atoms with van der Waals surface area (Å²) in [6.07, 6.45) is 5.61. The molecule has 0 bridgehead atoms. The highest BCUT2D eigenvalue weighted by atomic mass is 31.0. The van der Waals surface area contributed by atoms with Crippen molar-refractivity contribution in [3.05, 3.63) is 11.8 Å². The van der Waals surface area contributed by atoms with Crippen LogP contribution < -0.4 is 5.73 Å². The van der Waals surface area contributed by atoms with Gasteiger partial charge in [-0.2, -0.15) is 0 Å². The van der Waals surface area contributed by atoms with E-state index < -0.39 is 0 Å². The molecule has 1 nitrogen and oxygen atoms in total. The molecule has 2 N–H and O–H groups in total. The van der Waals surface area contributed by atoms with Crippen molar-refractivity contribution in [2.45, 2.75) is 24.9 Å². The maximum Gasteiger partial charge on any atom is 0.00404 e. The molecule has 0 saturated heterocycles. The van der Waals surface area contributed by atoms with Crippen LogP contribution in [0.3, 0.4) is 0 Å². The zero-order chi connectivity index (χ0) is 5.98.